The Bertz CT molecular complexity index is 465. The second kappa shape index (κ2) is 8.45. The predicted molar refractivity (Wildman–Crippen MR) is 83.3 cm³/mol. The van der Waals surface area contributed by atoms with Gasteiger partial charge in [-0.05, 0) is 36.8 Å². The zero-order valence-corrected chi connectivity index (χ0v) is 13.1. The van der Waals surface area contributed by atoms with E-state index in [0.29, 0.717) is 18.9 Å². The number of carbonyl (C=O) groups is 2. The first-order valence-electron chi connectivity index (χ1n) is 7.48. The molecule has 0 saturated carbocycles. The van der Waals surface area contributed by atoms with Crippen LogP contribution in [-0.2, 0) is 16.0 Å². The second-order valence-electron chi connectivity index (χ2n) is 5.85. The Balaban J connectivity index is 2.48. The summed E-state index contributed by atoms with van der Waals surface area (Å²) in [4.78, 5) is 22.4. The molecule has 0 radical (unpaired) electrons. The van der Waals surface area contributed by atoms with Gasteiger partial charge in [-0.15, -0.1) is 0 Å². The van der Waals surface area contributed by atoms with Crippen LogP contribution in [0, 0.1) is 5.92 Å². The smallest absolute Gasteiger partial charge is 0.303 e. The molecule has 0 saturated heterocycles. The fourth-order valence-electron chi connectivity index (χ4n) is 2.17. The number of hydrogen-bond donors (Lipinski definition) is 2. The van der Waals surface area contributed by atoms with E-state index in [1.54, 1.807) is 0 Å². The van der Waals surface area contributed by atoms with Crippen LogP contribution in [0.3, 0.4) is 0 Å². The molecule has 1 aromatic carbocycles. The first-order valence-corrected chi connectivity index (χ1v) is 7.48. The van der Waals surface area contributed by atoms with Crippen molar-refractivity contribution >= 4 is 11.9 Å². The Morgan fingerprint density at radius 3 is 2.29 bits per heavy atom. The van der Waals surface area contributed by atoms with Crippen LogP contribution in [-0.4, -0.2) is 23.5 Å². The lowest BCUT2D eigenvalue weighted by Gasteiger charge is -2.13. The van der Waals surface area contributed by atoms with E-state index in [0.717, 1.165) is 12.0 Å². The summed E-state index contributed by atoms with van der Waals surface area (Å²) < 4.78 is 0. The van der Waals surface area contributed by atoms with Crippen LogP contribution >= 0.6 is 0 Å². The molecule has 1 aromatic rings. The summed E-state index contributed by atoms with van der Waals surface area (Å²) in [6, 6.07) is 8.14. The molecular formula is C17H25NO3. The maximum absolute atomic E-state index is 12.0. The van der Waals surface area contributed by atoms with E-state index >= 15 is 0 Å². The van der Waals surface area contributed by atoms with Gasteiger partial charge in [-0.25, -0.2) is 0 Å². The number of aliphatic carboxylic acids is 1. The van der Waals surface area contributed by atoms with Gasteiger partial charge in [0.2, 0.25) is 5.91 Å². The summed E-state index contributed by atoms with van der Waals surface area (Å²) in [7, 11) is 0. The molecule has 116 valence electrons. The van der Waals surface area contributed by atoms with E-state index < -0.39 is 5.97 Å². The highest BCUT2D eigenvalue weighted by Gasteiger charge is 2.14. The zero-order chi connectivity index (χ0) is 15.8. The summed E-state index contributed by atoms with van der Waals surface area (Å²) in [5.74, 6) is -0.497. The summed E-state index contributed by atoms with van der Waals surface area (Å²) >= 11 is 0. The molecule has 0 aliphatic heterocycles. The van der Waals surface area contributed by atoms with Gasteiger partial charge in [0.15, 0.2) is 0 Å². The molecule has 4 nitrogen and oxygen atoms in total. The van der Waals surface area contributed by atoms with Crippen molar-refractivity contribution in [3.8, 4) is 0 Å². The van der Waals surface area contributed by atoms with Crippen LogP contribution < -0.4 is 5.32 Å². The first-order chi connectivity index (χ1) is 9.90. The average molecular weight is 291 g/mol. The number of amides is 1. The molecule has 0 heterocycles. The Kier molecular flexibility index (Phi) is 6.92. The van der Waals surface area contributed by atoms with Crippen molar-refractivity contribution in [1.29, 1.82) is 0 Å². The van der Waals surface area contributed by atoms with Gasteiger partial charge < -0.3 is 10.4 Å². The molecule has 1 atom stereocenters. The molecule has 0 spiro atoms. The average Bonchev–Trinajstić information content (AvgIpc) is 2.42. The summed E-state index contributed by atoms with van der Waals surface area (Å²) in [6.45, 7) is 6.63. The van der Waals surface area contributed by atoms with Crippen LogP contribution in [0.15, 0.2) is 24.3 Å². The number of rotatable bonds is 8. The lowest BCUT2D eigenvalue weighted by atomic mass is 9.96. The van der Waals surface area contributed by atoms with Gasteiger partial charge in [-0.2, -0.15) is 0 Å². The van der Waals surface area contributed by atoms with Crippen LogP contribution in [0.2, 0.25) is 0 Å². The van der Waals surface area contributed by atoms with Crippen LogP contribution in [0.25, 0.3) is 0 Å². The van der Waals surface area contributed by atoms with Gasteiger partial charge in [0.1, 0.15) is 0 Å². The number of nitrogens with one attached hydrogen (secondary N) is 1. The Morgan fingerprint density at radius 2 is 1.76 bits per heavy atom. The SMILES string of the molecule is CC(C)Cc1ccc([C@@H](C)C(=O)NCCCC(=O)O)cc1. The molecule has 4 heteroatoms. The molecular weight excluding hydrogens is 266 g/mol. The Hall–Kier alpha value is -1.84. The number of carbonyl (C=O) groups excluding carboxylic acids is 1. The van der Waals surface area contributed by atoms with Crippen molar-refractivity contribution < 1.29 is 14.7 Å². The molecule has 21 heavy (non-hydrogen) atoms. The van der Waals surface area contributed by atoms with Crippen molar-refractivity contribution in [3.05, 3.63) is 35.4 Å². The van der Waals surface area contributed by atoms with Gasteiger partial charge in [0, 0.05) is 13.0 Å². The third kappa shape index (κ3) is 6.43. The molecule has 0 aromatic heterocycles. The van der Waals surface area contributed by atoms with Crippen LogP contribution in [0.4, 0.5) is 0 Å². The minimum absolute atomic E-state index is 0.0583. The maximum atomic E-state index is 12.0. The highest BCUT2D eigenvalue weighted by Crippen LogP contribution is 2.17. The fourth-order valence-corrected chi connectivity index (χ4v) is 2.17. The van der Waals surface area contributed by atoms with Gasteiger partial charge in [0.05, 0.1) is 5.92 Å². The summed E-state index contributed by atoms with van der Waals surface area (Å²) in [6.07, 6.45) is 1.58. The van der Waals surface area contributed by atoms with E-state index in [1.165, 1.54) is 5.56 Å². The van der Waals surface area contributed by atoms with E-state index in [9.17, 15) is 9.59 Å². The van der Waals surface area contributed by atoms with Crippen molar-refractivity contribution in [2.24, 2.45) is 5.92 Å². The van der Waals surface area contributed by atoms with Crippen LogP contribution in [0.1, 0.15) is 50.7 Å². The third-order valence-corrected chi connectivity index (χ3v) is 3.38. The van der Waals surface area contributed by atoms with Gasteiger partial charge in [-0.3, -0.25) is 9.59 Å². The Labute approximate surface area is 126 Å². The highest BCUT2D eigenvalue weighted by atomic mass is 16.4. The minimum Gasteiger partial charge on any atom is -0.481 e. The number of carboxylic acid groups (broad SMARTS) is 1. The van der Waals surface area contributed by atoms with Crippen LogP contribution in [0.5, 0.6) is 0 Å². The van der Waals surface area contributed by atoms with Crippen molar-refractivity contribution in [1.82, 2.24) is 5.32 Å². The summed E-state index contributed by atoms with van der Waals surface area (Å²) in [5.41, 5.74) is 2.26. The molecule has 1 amide bonds. The van der Waals surface area contributed by atoms with Gasteiger partial charge >= 0.3 is 5.97 Å². The fraction of sp³-hybridized carbons (Fsp3) is 0.529. The second-order valence-corrected chi connectivity index (χ2v) is 5.85. The molecule has 0 bridgehead atoms. The maximum Gasteiger partial charge on any atom is 0.303 e. The van der Waals surface area contributed by atoms with Crippen molar-refractivity contribution in [2.45, 2.75) is 46.0 Å². The van der Waals surface area contributed by atoms with E-state index in [1.807, 2.05) is 19.1 Å². The number of hydrogen-bond acceptors (Lipinski definition) is 2. The highest BCUT2D eigenvalue weighted by molar-refractivity contribution is 5.83. The minimum atomic E-state index is -0.835. The van der Waals surface area contributed by atoms with E-state index in [4.69, 9.17) is 5.11 Å². The van der Waals surface area contributed by atoms with Crippen molar-refractivity contribution in [3.63, 3.8) is 0 Å². The molecule has 1 rings (SSSR count). The molecule has 0 unspecified atom stereocenters. The first kappa shape index (κ1) is 17.2. The monoisotopic (exact) mass is 291 g/mol. The third-order valence-electron chi connectivity index (χ3n) is 3.38. The number of carboxylic acids is 1. The van der Waals surface area contributed by atoms with E-state index in [2.05, 4.69) is 31.3 Å². The zero-order valence-electron chi connectivity index (χ0n) is 13.1. The lowest BCUT2D eigenvalue weighted by Crippen LogP contribution is -2.29. The number of benzene rings is 1. The standard InChI is InChI=1S/C17H25NO3/c1-12(2)11-14-6-8-15(9-7-14)13(3)17(21)18-10-4-5-16(19)20/h6-9,12-13H,4-5,10-11H2,1-3H3,(H,18,21)(H,19,20)/t13-/m1/s1. The van der Waals surface area contributed by atoms with Gasteiger partial charge in [-0.1, -0.05) is 38.1 Å². The normalized spacial score (nSPS) is 12.2. The molecule has 0 aliphatic carbocycles. The largest absolute Gasteiger partial charge is 0.481 e. The molecule has 2 N–H and O–H groups in total. The lowest BCUT2D eigenvalue weighted by molar-refractivity contribution is -0.137. The topological polar surface area (TPSA) is 66.4 Å². The quantitative estimate of drug-likeness (QED) is 0.724. The predicted octanol–water partition coefficient (Wildman–Crippen LogP) is 2.97. The van der Waals surface area contributed by atoms with Gasteiger partial charge in [0.25, 0.3) is 0 Å². The molecule has 0 aliphatic rings. The Morgan fingerprint density at radius 1 is 1.14 bits per heavy atom. The molecule has 0 fully saturated rings. The summed E-state index contributed by atoms with van der Waals surface area (Å²) in [5, 5.41) is 11.3. The van der Waals surface area contributed by atoms with Crippen molar-refractivity contribution in [2.75, 3.05) is 6.54 Å². The van der Waals surface area contributed by atoms with E-state index in [-0.39, 0.29) is 18.2 Å².